The topological polar surface area (TPSA) is 100 Å². The number of halogens is 3. The highest BCUT2D eigenvalue weighted by molar-refractivity contribution is 5.98. The van der Waals surface area contributed by atoms with E-state index in [2.05, 4.69) is 22.2 Å². The molecule has 1 heterocycles. The summed E-state index contributed by atoms with van der Waals surface area (Å²) in [5.41, 5.74) is -1.45. The lowest BCUT2D eigenvalue weighted by Gasteiger charge is -2.14. The van der Waals surface area contributed by atoms with Crippen LogP contribution in [0.4, 0.5) is 13.2 Å². The lowest BCUT2D eigenvalue weighted by Crippen LogP contribution is -2.35. The number of hydrogen-bond donors (Lipinski definition) is 3. The van der Waals surface area contributed by atoms with Crippen molar-refractivity contribution in [2.75, 3.05) is 0 Å². The minimum atomic E-state index is -1.19. The highest BCUT2D eigenvalue weighted by Crippen LogP contribution is 2.17. The van der Waals surface area contributed by atoms with E-state index in [0.29, 0.717) is 17.7 Å². The third kappa shape index (κ3) is 6.17. The molecular formula is C25H22F3N3O4. The van der Waals surface area contributed by atoms with Gasteiger partial charge < -0.3 is 20.4 Å². The summed E-state index contributed by atoms with van der Waals surface area (Å²) in [4.78, 5) is 41.0. The smallest absolute Gasteiger partial charge is 0.272 e. The molecule has 0 aliphatic heterocycles. The lowest BCUT2D eigenvalue weighted by atomic mass is 10.1. The zero-order valence-corrected chi connectivity index (χ0v) is 18.7. The summed E-state index contributed by atoms with van der Waals surface area (Å²) >= 11 is 0. The lowest BCUT2D eigenvalue weighted by molar-refractivity contribution is 0.0925. The Bertz CT molecular complexity index is 1290. The minimum Gasteiger partial charge on any atom is -0.483 e. The summed E-state index contributed by atoms with van der Waals surface area (Å²) in [6.07, 6.45) is 2.48. The Morgan fingerprint density at radius 3 is 2.40 bits per heavy atom. The molecule has 3 aromatic rings. The van der Waals surface area contributed by atoms with E-state index in [-0.39, 0.29) is 12.3 Å². The van der Waals surface area contributed by atoms with Crippen molar-refractivity contribution in [1.82, 2.24) is 15.6 Å². The molecule has 3 N–H and O–H groups in total. The standard InChI is InChI=1S/C25H22F3N3O4/c1-3-14(2)31-25(34)21-23(35-13-15-7-5-4-6-8-15)22(32)18(12-29-21)24(33)30-11-17-19(27)9-16(26)10-20(17)28/h3-10,12,14H,1,11,13H2,2H3,(H,29,32)(H,30,33)(H,31,34)/t14-/m0/s1. The first kappa shape index (κ1) is 25.3. The average molecular weight is 485 g/mol. The van der Waals surface area contributed by atoms with Crippen LogP contribution < -0.4 is 20.8 Å². The van der Waals surface area contributed by atoms with E-state index in [9.17, 15) is 27.6 Å². The van der Waals surface area contributed by atoms with Crippen LogP contribution >= 0.6 is 0 Å². The number of rotatable bonds is 9. The molecule has 0 aliphatic carbocycles. The highest BCUT2D eigenvalue weighted by atomic mass is 19.1. The second-order valence-electron chi connectivity index (χ2n) is 7.54. The number of aromatic amines is 1. The Morgan fingerprint density at radius 1 is 1.11 bits per heavy atom. The maximum Gasteiger partial charge on any atom is 0.272 e. The van der Waals surface area contributed by atoms with Crippen molar-refractivity contribution in [1.29, 1.82) is 0 Å². The maximum atomic E-state index is 13.9. The summed E-state index contributed by atoms with van der Waals surface area (Å²) in [5, 5.41) is 4.82. The molecule has 3 rings (SSSR count). The molecule has 0 bridgehead atoms. The Labute approximate surface area is 198 Å². The van der Waals surface area contributed by atoms with Crippen LogP contribution in [0.25, 0.3) is 0 Å². The van der Waals surface area contributed by atoms with E-state index < -0.39 is 64.2 Å². The van der Waals surface area contributed by atoms with Crippen molar-refractivity contribution < 1.29 is 27.5 Å². The van der Waals surface area contributed by atoms with E-state index in [1.54, 1.807) is 37.3 Å². The fraction of sp³-hybridized carbons (Fsp3) is 0.160. The molecule has 2 aromatic carbocycles. The number of carbonyl (C=O) groups is 2. The van der Waals surface area contributed by atoms with Gasteiger partial charge in [-0.3, -0.25) is 14.4 Å². The number of carbonyl (C=O) groups excluding carboxylic acids is 2. The molecular weight excluding hydrogens is 463 g/mol. The summed E-state index contributed by atoms with van der Waals surface area (Å²) in [7, 11) is 0. The van der Waals surface area contributed by atoms with Gasteiger partial charge in [-0.25, -0.2) is 13.2 Å². The molecule has 10 heteroatoms. The predicted octanol–water partition coefficient (Wildman–Crippen LogP) is 3.61. The molecule has 182 valence electrons. The molecule has 0 unspecified atom stereocenters. The summed E-state index contributed by atoms with van der Waals surface area (Å²) in [6.45, 7) is 4.53. The van der Waals surface area contributed by atoms with Crippen LogP contribution in [0, 0.1) is 17.5 Å². The Morgan fingerprint density at radius 2 is 1.77 bits per heavy atom. The van der Waals surface area contributed by atoms with Crippen molar-refractivity contribution in [3.05, 3.63) is 111 Å². The maximum absolute atomic E-state index is 13.9. The largest absolute Gasteiger partial charge is 0.483 e. The monoisotopic (exact) mass is 485 g/mol. The highest BCUT2D eigenvalue weighted by Gasteiger charge is 2.23. The number of amides is 2. The average Bonchev–Trinajstić information content (AvgIpc) is 2.82. The summed E-state index contributed by atoms with van der Waals surface area (Å²) < 4.78 is 46.5. The van der Waals surface area contributed by atoms with Gasteiger partial charge in [0.1, 0.15) is 29.6 Å². The number of aromatic nitrogens is 1. The van der Waals surface area contributed by atoms with E-state index in [1.165, 1.54) is 6.08 Å². The second kappa shape index (κ2) is 11.2. The van der Waals surface area contributed by atoms with Crippen molar-refractivity contribution in [3.8, 4) is 5.75 Å². The Balaban J connectivity index is 1.90. The zero-order chi connectivity index (χ0) is 25.5. The number of nitrogens with one attached hydrogen (secondary N) is 3. The van der Waals surface area contributed by atoms with E-state index >= 15 is 0 Å². The van der Waals surface area contributed by atoms with E-state index in [0.717, 1.165) is 6.20 Å². The van der Waals surface area contributed by atoms with Gasteiger partial charge in [0.25, 0.3) is 11.8 Å². The SMILES string of the molecule is C=C[C@H](C)NC(=O)c1[nH]cc(C(=O)NCc2c(F)cc(F)cc2F)c(=O)c1OCc1ccccc1. The van der Waals surface area contributed by atoms with Gasteiger partial charge >= 0.3 is 0 Å². The first-order valence-corrected chi connectivity index (χ1v) is 10.5. The molecule has 0 saturated carbocycles. The second-order valence-corrected chi connectivity index (χ2v) is 7.54. The summed E-state index contributed by atoms with van der Waals surface area (Å²) in [6, 6.07) is 9.35. The fourth-order valence-corrected chi connectivity index (χ4v) is 3.06. The predicted molar refractivity (Wildman–Crippen MR) is 122 cm³/mol. The fourth-order valence-electron chi connectivity index (χ4n) is 3.06. The van der Waals surface area contributed by atoms with Crippen LogP contribution in [0.5, 0.6) is 5.75 Å². The van der Waals surface area contributed by atoms with Crippen LogP contribution in [0.15, 0.2) is 66.1 Å². The molecule has 1 aromatic heterocycles. The van der Waals surface area contributed by atoms with Gasteiger partial charge in [-0.15, -0.1) is 6.58 Å². The molecule has 0 aliphatic rings. The van der Waals surface area contributed by atoms with Crippen LogP contribution in [-0.4, -0.2) is 22.8 Å². The normalized spacial score (nSPS) is 11.4. The van der Waals surface area contributed by atoms with Gasteiger partial charge in [-0.05, 0) is 12.5 Å². The van der Waals surface area contributed by atoms with Gasteiger partial charge in [0, 0.05) is 36.5 Å². The van der Waals surface area contributed by atoms with Crippen molar-refractivity contribution >= 4 is 11.8 Å². The van der Waals surface area contributed by atoms with Crippen LogP contribution in [0.2, 0.25) is 0 Å². The van der Waals surface area contributed by atoms with Crippen LogP contribution in [-0.2, 0) is 13.2 Å². The minimum absolute atomic E-state index is 0.0711. The molecule has 0 fully saturated rings. The molecule has 1 atom stereocenters. The molecule has 0 spiro atoms. The third-order valence-electron chi connectivity index (χ3n) is 4.98. The first-order valence-electron chi connectivity index (χ1n) is 10.5. The van der Waals surface area contributed by atoms with Crippen LogP contribution in [0.1, 0.15) is 38.9 Å². The molecule has 7 nitrogen and oxygen atoms in total. The number of H-pyrrole nitrogens is 1. The molecule has 0 saturated heterocycles. The quantitative estimate of drug-likeness (QED) is 0.403. The number of benzene rings is 2. The van der Waals surface area contributed by atoms with Crippen molar-refractivity contribution in [2.45, 2.75) is 26.1 Å². The Kier molecular flexibility index (Phi) is 8.08. The van der Waals surface area contributed by atoms with Crippen LogP contribution in [0.3, 0.4) is 0 Å². The first-order chi connectivity index (χ1) is 16.7. The molecule has 0 radical (unpaired) electrons. The van der Waals surface area contributed by atoms with Gasteiger partial charge in [0.2, 0.25) is 5.43 Å². The Hall–Kier alpha value is -4.34. The van der Waals surface area contributed by atoms with Gasteiger partial charge in [-0.2, -0.15) is 0 Å². The van der Waals surface area contributed by atoms with E-state index in [1.807, 2.05) is 0 Å². The van der Waals surface area contributed by atoms with Gasteiger partial charge in [0.15, 0.2) is 11.4 Å². The van der Waals surface area contributed by atoms with E-state index in [4.69, 9.17) is 4.74 Å². The van der Waals surface area contributed by atoms with Gasteiger partial charge in [0.05, 0.1) is 0 Å². The zero-order valence-electron chi connectivity index (χ0n) is 18.7. The number of hydrogen-bond acceptors (Lipinski definition) is 4. The molecule has 2 amide bonds. The number of pyridine rings is 1. The molecule has 35 heavy (non-hydrogen) atoms. The summed E-state index contributed by atoms with van der Waals surface area (Å²) in [5.74, 6) is -5.54. The number of ether oxygens (including phenoxy) is 1. The third-order valence-corrected chi connectivity index (χ3v) is 4.98. The van der Waals surface area contributed by atoms with Crippen molar-refractivity contribution in [3.63, 3.8) is 0 Å². The van der Waals surface area contributed by atoms with Gasteiger partial charge in [-0.1, -0.05) is 36.4 Å². The van der Waals surface area contributed by atoms with Crippen molar-refractivity contribution in [2.24, 2.45) is 0 Å².